The van der Waals surface area contributed by atoms with E-state index in [1.807, 2.05) is 30.3 Å². The van der Waals surface area contributed by atoms with Crippen LogP contribution in [0.2, 0.25) is 0 Å². The van der Waals surface area contributed by atoms with Gasteiger partial charge in [0.2, 0.25) is 17.7 Å². The first-order valence-electron chi connectivity index (χ1n) is 20.5. The van der Waals surface area contributed by atoms with Crippen LogP contribution in [0.15, 0.2) is 60.9 Å². The average molecular weight is 789 g/mol. The van der Waals surface area contributed by atoms with Gasteiger partial charge >= 0.3 is 6.09 Å². The normalized spacial score (nSPS) is 22.9. The van der Waals surface area contributed by atoms with Crippen molar-refractivity contribution in [3.8, 4) is 28.4 Å². The van der Waals surface area contributed by atoms with Gasteiger partial charge in [-0.2, -0.15) is 5.10 Å². The summed E-state index contributed by atoms with van der Waals surface area (Å²) in [6.07, 6.45) is 10.8. The highest BCUT2D eigenvalue weighted by Crippen LogP contribution is 2.45. The first-order chi connectivity index (χ1) is 28.3. The maximum absolute atomic E-state index is 13.7. The van der Waals surface area contributed by atoms with Crippen LogP contribution in [0.1, 0.15) is 69.3 Å². The highest BCUT2D eigenvalue weighted by molar-refractivity contribution is 6.02. The monoisotopic (exact) mass is 788 g/mol. The van der Waals surface area contributed by atoms with E-state index in [0.717, 1.165) is 62.9 Å². The number of carbonyl (C=O) groups is 4. The Bertz CT molecular complexity index is 2210. The molecule has 2 aromatic heterocycles. The lowest BCUT2D eigenvalue weighted by atomic mass is 9.80. The minimum atomic E-state index is -0.382. The zero-order chi connectivity index (χ0) is 39.8. The van der Waals surface area contributed by atoms with E-state index in [9.17, 15) is 19.2 Å². The van der Waals surface area contributed by atoms with Crippen LogP contribution in [0, 0.1) is 0 Å². The standard InChI is InChI=1S/C42H48N10O6/c43-40-35(23-32(46-47-40)31-7-2-3-10-36(31)58-42(56)48-17-4-1-5-18-48)52-25-29(24-44-52)50-20-19-49(26-38(50)54)28-13-11-27(12-14-28)30-8-6-9-33-39(30)57-22-21-51(33)34-15-16-37(53)45-41(34)55/h2-3,6-10,23-25,27-28,34H,1,4-5,11-22,26H2,(H2,43,47)(H,45,53,55)/t27?,28?,34-/m0/s1. The molecule has 0 radical (unpaired) electrons. The van der Waals surface area contributed by atoms with Crippen LogP contribution >= 0.6 is 0 Å². The fraction of sp³-hybridized carbons (Fsp3) is 0.452. The van der Waals surface area contributed by atoms with Crippen molar-refractivity contribution in [2.24, 2.45) is 0 Å². The Balaban J connectivity index is 0.831. The molecule has 3 N–H and O–H groups in total. The number of aromatic nitrogens is 4. The molecule has 1 atom stereocenters. The zero-order valence-corrected chi connectivity index (χ0v) is 32.4. The van der Waals surface area contributed by atoms with Crippen molar-refractivity contribution in [1.82, 2.24) is 35.1 Å². The topological polar surface area (TPSA) is 181 Å². The molecule has 9 rings (SSSR count). The summed E-state index contributed by atoms with van der Waals surface area (Å²) in [4.78, 5) is 59.1. The molecule has 1 aliphatic carbocycles. The molecule has 302 valence electrons. The largest absolute Gasteiger partial charge is 0.489 e. The number of nitrogen functional groups attached to an aromatic ring is 1. The Morgan fingerprint density at radius 2 is 1.71 bits per heavy atom. The number of imide groups is 1. The molecule has 16 nitrogen and oxygen atoms in total. The summed E-state index contributed by atoms with van der Waals surface area (Å²) in [5.41, 5.74) is 10.6. The first kappa shape index (κ1) is 37.5. The van der Waals surface area contributed by atoms with E-state index >= 15 is 0 Å². The van der Waals surface area contributed by atoms with E-state index in [2.05, 4.69) is 36.5 Å². The number of benzene rings is 2. The molecule has 4 aromatic rings. The number of nitrogens with one attached hydrogen (secondary N) is 1. The number of carbonyl (C=O) groups excluding carboxylic acids is 4. The van der Waals surface area contributed by atoms with E-state index in [1.54, 1.807) is 39.0 Å². The highest BCUT2D eigenvalue weighted by Gasteiger charge is 2.38. The van der Waals surface area contributed by atoms with Crippen LogP contribution in [0.5, 0.6) is 11.5 Å². The summed E-state index contributed by atoms with van der Waals surface area (Å²) in [5, 5.41) is 15.6. The predicted octanol–water partition coefficient (Wildman–Crippen LogP) is 4.28. The van der Waals surface area contributed by atoms with Crippen molar-refractivity contribution in [1.29, 1.82) is 0 Å². The van der Waals surface area contributed by atoms with E-state index < -0.39 is 0 Å². The Morgan fingerprint density at radius 3 is 2.52 bits per heavy atom. The third-order valence-corrected chi connectivity index (χ3v) is 12.3. The van der Waals surface area contributed by atoms with Crippen molar-refractivity contribution in [3.63, 3.8) is 0 Å². The minimum Gasteiger partial charge on any atom is -0.489 e. The third kappa shape index (κ3) is 7.43. The quantitative estimate of drug-likeness (QED) is 0.254. The highest BCUT2D eigenvalue weighted by atomic mass is 16.6. The molecule has 1 saturated carbocycles. The number of ether oxygens (including phenoxy) is 2. The van der Waals surface area contributed by atoms with Crippen LogP contribution in [-0.4, -0.2) is 112 Å². The van der Waals surface area contributed by atoms with E-state index in [-0.39, 0.29) is 35.7 Å². The first-order valence-corrected chi connectivity index (χ1v) is 20.5. The van der Waals surface area contributed by atoms with Crippen LogP contribution in [-0.2, 0) is 14.4 Å². The SMILES string of the molecule is Nc1nnc(-c2ccccc2OC(=O)N2CCCCC2)cc1-n1cc(N2CCN(C3CCC(c4cccc5c4OCCN5[C@H]4CCC(=O)NC4=O)CC3)CC2=O)cn1. The second-order valence-electron chi connectivity index (χ2n) is 15.8. The molecule has 58 heavy (non-hydrogen) atoms. The second-order valence-corrected chi connectivity index (χ2v) is 15.8. The van der Waals surface area contributed by atoms with Gasteiger partial charge in [0, 0.05) is 44.2 Å². The number of piperidine rings is 2. The second kappa shape index (κ2) is 16.1. The van der Waals surface area contributed by atoms with Crippen LogP contribution < -0.4 is 30.3 Å². The number of hydrogen-bond donors (Lipinski definition) is 2. The molecule has 4 amide bonds. The van der Waals surface area contributed by atoms with Crippen molar-refractivity contribution >= 4 is 41.0 Å². The fourth-order valence-electron chi connectivity index (χ4n) is 9.24. The number of rotatable bonds is 7. The van der Waals surface area contributed by atoms with Crippen molar-refractivity contribution in [3.05, 3.63) is 66.5 Å². The predicted molar refractivity (Wildman–Crippen MR) is 215 cm³/mol. The molecule has 4 aliphatic heterocycles. The number of para-hydroxylation sites is 2. The number of piperazine rings is 1. The number of likely N-dealkylation sites (tertiary alicyclic amines) is 1. The molecule has 3 saturated heterocycles. The summed E-state index contributed by atoms with van der Waals surface area (Å²) >= 11 is 0. The number of anilines is 3. The van der Waals surface area contributed by atoms with Crippen LogP contribution in [0.3, 0.4) is 0 Å². The average Bonchev–Trinajstić information content (AvgIpc) is 3.74. The Labute approximate surface area is 336 Å². The van der Waals surface area contributed by atoms with Crippen molar-refractivity contribution in [2.45, 2.75) is 75.8 Å². The van der Waals surface area contributed by atoms with Crippen molar-refractivity contribution in [2.75, 3.05) is 61.4 Å². The number of nitrogens with two attached hydrogens (primary N) is 1. The van der Waals surface area contributed by atoms with Gasteiger partial charge in [-0.05, 0) is 87.1 Å². The summed E-state index contributed by atoms with van der Waals surface area (Å²) < 4.78 is 13.7. The van der Waals surface area contributed by atoms with Gasteiger partial charge in [-0.1, -0.05) is 24.3 Å². The van der Waals surface area contributed by atoms with Gasteiger partial charge in [0.25, 0.3) is 0 Å². The molecular formula is C42H48N10O6. The fourth-order valence-corrected chi connectivity index (χ4v) is 9.24. The van der Waals surface area contributed by atoms with Gasteiger partial charge in [-0.3, -0.25) is 24.6 Å². The van der Waals surface area contributed by atoms with E-state index in [0.29, 0.717) is 92.5 Å². The summed E-state index contributed by atoms with van der Waals surface area (Å²) in [7, 11) is 0. The van der Waals surface area contributed by atoms with Gasteiger partial charge in [0.15, 0.2) is 5.82 Å². The van der Waals surface area contributed by atoms with Crippen molar-refractivity contribution < 1.29 is 28.7 Å². The molecule has 16 heteroatoms. The number of hydrogen-bond acceptors (Lipinski definition) is 12. The lowest BCUT2D eigenvalue weighted by Crippen LogP contribution is -2.54. The number of nitrogens with zero attached hydrogens (tertiary/aromatic N) is 8. The summed E-state index contributed by atoms with van der Waals surface area (Å²) in [6, 6.07) is 15.1. The lowest BCUT2D eigenvalue weighted by Gasteiger charge is -2.42. The van der Waals surface area contributed by atoms with Gasteiger partial charge < -0.3 is 29.9 Å². The summed E-state index contributed by atoms with van der Waals surface area (Å²) in [6.45, 7) is 4.04. The molecule has 0 bridgehead atoms. The zero-order valence-electron chi connectivity index (χ0n) is 32.4. The van der Waals surface area contributed by atoms with Gasteiger partial charge in [0.1, 0.15) is 29.8 Å². The lowest BCUT2D eigenvalue weighted by molar-refractivity contribution is -0.134. The van der Waals surface area contributed by atoms with Gasteiger partial charge in [0.05, 0.1) is 42.6 Å². The summed E-state index contributed by atoms with van der Waals surface area (Å²) in [5.74, 6) is 1.27. The maximum atomic E-state index is 13.7. The van der Waals surface area contributed by atoms with Crippen LogP contribution in [0.4, 0.5) is 22.0 Å². The Kier molecular flexibility index (Phi) is 10.4. The number of fused-ring (bicyclic) bond motifs is 1. The van der Waals surface area contributed by atoms with E-state index in [1.165, 1.54) is 5.56 Å². The van der Waals surface area contributed by atoms with E-state index in [4.69, 9.17) is 15.2 Å². The third-order valence-electron chi connectivity index (χ3n) is 12.3. The minimum absolute atomic E-state index is 0.0120. The Hall–Kier alpha value is -6.03. The Morgan fingerprint density at radius 1 is 0.879 bits per heavy atom. The molecule has 2 aromatic carbocycles. The molecule has 4 fully saturated rings. The maximum Gasteiger partial charge on any atom is 0.415 e. The van der Waals surface area contributed by atoms with Crippen LogP contribution in [0.25, 0.3) is 16.9 Å². The molecule has 0 spiro atoms. The molecule has 0 unspecified atom stereocenters. The molecule has 6 heterocycles. The molecular weight excluding hydrogens is 741 g/mol. The van der Waals surface area contributed by atoms with Gasteiger partial charge in [-0.15, -0.1) is 10.2 Å². The smallest absolute Gasteiger partial charge is 0.415 e. The number of amides is 4. The van der Waals surface area contributed by atoms with Gasteiger partial charge in [-0.25, -0.2) is 9.48 Å². The molecule has 5 aliphatic rings.